The predicted octanol–water partition coefficient (Wildman–Crippen LogP) is 1.39. The Balaban J connectivity index is 1.69. The van der Waals surface area contributed by atoms with Gasteiger partial charge in [0.2, 0.25) is 0 Å². The highest BCUT2D eigenvalue weighted by molar-refractivity contribution is 5.97. The summed E-state index contributed by atoms with van der Waals surface area (Å²) in [4.78, 5) is 14.4. The van der Waals surface area contributed by atoms with E-state index in [2.05, 4.69) is 17.0 Å². The molecule has 0 bridgehead atoms. The van der Waals surface area contributed by atoms with Gasteiger partial charge < -0.3 is 5.73 Å². The predicted molar refractivity (Wildman–Crippen MR) is 71.8 cm³/mol. The van der Waals surface area contributed by atoms with Crippen LogP contribution in [0.3, 0.4) is 0 Å². The van der Waals surface area contributed by atoms with Gasteiger partial charge in [-0.3, -0.25) is 9.69 Å². The first-order valence-electron chi connectivity index (χ1n) is 6.85. The number of likely N-dealkylation sites (tertiary alicyclic amines) is 1. The minimum absolute atomic E-state index is 0.235. The van der Waals surface area contributed by atoms with Gasteiger partial charge >= 0.3 is 0 Å². The summed E-state index contributed by atoms with van der Waals surface area (Å²) >= 11 is 0. The zero-order valence-corrected chi connectivity index (χ0v) is 10.7. The van der Waals surface area contributed by atoms with Gasteiger partial charge in [0.1, 0.15) is 0 Å². The highest BCUT2D eigenvalue weighted by Gasteiger charge is 2.22. The number of carbonyl (C=O) groups is 1. The average Bonchev–Trinajstić information content (AvgIpc) is 2.96. The molecule has 1 aromatic rings. The normalized spacial score (nSPS) is 23.3. The molecular formula is C15H20N2O. The van der Waals surface area contributed by atoms with Crippen LogP contribution >= 0.6 is 0 Å². The number of ketones is 1. The van der Waals surface area contributed by atoms with Gasteiger partial charge in [-0.25, -0.2) is 0 Å². The van der Waals surface area contributed by atoms with E-state index in [1.165, 1.54) is 24.0 Å². The molecule has 0 aromatic heterocycles. The third-order valence-corrected chi connectivity index (χ3v) is 4.10. The van der Waals surface area contributed by atoms with E-state index in [0.29, 0.717) is 6.54 Å². The second-order valence-corrected chi connectivity index (χ2v) is 5.54. The lowest BCUT2D eigenvalue weighted by atomic mass is 10.0. The van der Waals surface area contributed by atoms with Crippen LogP contribution in [-0.2, 0) is 12.8 Å². The van der Waals surface area contributed by atoms with Crippen molar-refractivity contribution in [2.75, 3.05) is 19.6 Å². The molecule has 96 valence electrons. The largest absolute Gasteiger partial charge is 0.326 e. The number of aryl methyl sites for hydroxylation is 2. The van der Waals surface area contributed by atoms with Crippen LogP contribution < -0.4 is 5.73 Å². The van der Waals surface area contributed by atoms with E-state index < -0.39 is 0 Å². The summed E-state index contributed by atoms with van der Waals surface area (Å²) in [5, 5.41) is 0. The third-order valence-electron chi connectivity index (χ3n) is 4.10. The molecule has 0 radical (unpaired) electrons. The lowest BCUT2D eigenvalue weighted by Gasteiger charge is -2.14. The molecule has 3 nitrogen and oxygen atoms in total. The van der Waals surface area contributed by atoms with Gasteiger partial charge in [0.05, 0.1) is 6.54 Å². The van der Waals surface area contributed by atoms with Crippen LogP contribution in [0.15, 0.2) is 18.2 Å². The van der Waals surface area contributed by atoms with Crippen LogP contribution in [0.4, 0.5) is 0 Å². The Kier molecular flexibility index (Phi) is 3.18. The first-order chi connectivity index (χ1) is 8.72. The molecular weight excluding hydrogens is 224 g/mol. The molecule has 2 N–H and O–H groups in total. The van der Waals surface area contributed by atoms with E-state index >= 15 is 0 Å². The van der Waals surface area contributed by atoms with E-state index in [-0.39, 0.29) is 11.8 Å². The second kappa shape index (κ2) is 4.82. The fraction of sp³-hybridized carbons (Fsp3) is 0.533. The van der Waals surface area contributed by atoms with E-state index in [0.717, 1.165) is 31.5 Å². The SMILES string of the molecule is NC1CCN(CC(=O)c2ccc3c(c2)CCC3)C1. The Hall–Kier alpha value is -1.19. The van der Waals surface area contributed by atoms with Gasteiger partial charge in [-0.15, -0.1) is 0 Å². The summed E-state index contributed by atoms with van der Waals surface area (Å²) in [5.41, 5.74) is 9.53. The average molecular weight is 244 g/mol. The van der Waals surface area contributed by atoms with E-state index in [1.807, 2.05) is 6.07 Å². The lowest BCUT2D eigenvalue weighted by molar-refractivity contribution is 0.0944. The third kappa shape index (κ3) is 2.33. The number of hydrogen-bond acceptors (Lipinski definition) is 3. The fourth-order valence-corrected chi connectivity index (χ4v) is 3.05. The topological polar surface area (TPSA) is 46.3 Å². The maximum atomic E-state index is 12.2. The van der Waals surface area contributed by atoms with Crippen molar-refractivity contribution >= 4 is 5.78 Å². The molecule has 0 amide bonds. The first-order valence-corrected chi connectivity index (χ1v) is 6.85. The fourth-order valence-electron chi connectivity index (χ4n) is 3.05. The molecule has 1 saturated heterocycles. The summed E-state index contributed by atoms with van der Waals surface area (Å²) in [5.74, 6) is 0.235. The van der Waals surface area contributed by atoms with E-state index in [4.69, 9.17) is 5.73 Å². The molecule has 18 heavy (non-hydrogen) atoms. The van der Waals surface area contributed by atoms with Gasteiger partial charge in [-0.2, -0.15) is 0 Å². The Labute approximate surface area is 108 Å². The summed E-state index contributed by atoms with van der Waals surface area (Å²) in [7, 11) is 0. The van der Waals surface area contributed by atoms with Crippen molar-refractivity contribution in [1.82, 2.24) is 4.90 Å². The first kappa shape index (κ1) is 11.9. The van der Waals surface area contributed by atoms with Gasteiger partial charge in [-0.05, 0) is 42.9 Å². The van der Waals surface area contributed by atoms with Crippen molar-refractivity contribution in [1.29, 1.82) is 0 Å². The maximum absolute atomic E-state index is 12.2. The molecule has 1 aromatic carbocycles. The number of hydrogen-bond donors (Lipinski definition) is 1. The van der Waals surface area contributed by atoms with Crippen molar-refractivity contribution in [3.63, 3.8) is 0 Å². The molecule has 1 unspecified atom stereocenters. The number of carbonyl (C=O) groups excluding carboxylic acids is 1. The van der Waals surface area contributed by atoms with Crippen LogP contribution in [0.1, 0.15) is 34.3 Å². The molecule has 3 rings (SSSR count). The van der Waals surface area contributed by atoms with Gasteiger partial charge in [0, 0.05) is 24.7 Å². The van der Waals surface area contributed by atoms with Crippen LogP contribution in [0.25, 0.3) is 0 Å². The monoisotopic (exact) mass is 244 g/mol. The standard InChI is InChI=1S/C15H20N2O/c16-14-6-7-17(9-14)10-15(18)13-5-4-11-2-1-3-12(11)8-13/h4-5,8,14H,1-3,6-7,9-10,16H2. The highest BCUT2D eigenvalue weighted by atomic mass is 16.1. The molecule has 1 heterocycles. The van der Waals surface area contributed by atoms with E-state index in [9.17, 15) is 4.79 Å². The smallest absolute Gasteiger partial charge is 0.176 e. The zero-order chi connectivity index (χ0) is 12.5. The Morgan fingerprint density at radius 1 is 1.33 bits per heavy atom. The molecule has 0 saturated carbocycles. The van der Waals surface area contributed by atoms with Gasteiger partial charge in [-0.1, -0.05) is 12.1 Å². The lowest BCUT2D eigenvalue weighted by Crippen LogP contribution is -2.31. The Morgan fingerprint density at radius 3 is 2.94 bits per heavy atom. The minimum Gasteiger partial charge on any atom is -0.326 e. The maximum Gasteiger partial charge on any atom is 0.176 e. The molecule has 1 atom stereocenters. The zero-order valence-electron chi connectivity index (χ0n) is 10.7. The van der Waals surface area contributed by atoms with Crippen molar-refractivity contribution in [2.24, 2.45) is 5.73 Å². The number of benzene rings is 1. The van der Waals surface area contributed by atoms with Crippen LogP contribution in [0.5, 0.6) is 0 Å². The van der Waals surface area contributed by atoms with Crippen LogP contribution in [0, 0.1) is 0 Å². The summed E-state index contributed by atoms with van der Waals surface area (Å²) in [6.07, 6.45) is 4.54. The Bertz CT molecular complexity index is 470. The van der Waals surface area contributed by atoms with Crippen molar-refractivity contribution in [3.05, 3.63) is 34.9 Å². The van der Waals surface area contributed by atoms with Crippen LogP contribution in [0.2, 0.25) is 0 Å². The van der Waals surface area contributed by atoms with Crippen molar-refractivity contribution < 1.29 is 4.79 Å². The molecule has 0 spiro atoms. The Morgan fingerprint density at radius 2 is 2.17 bits per heavy atom. The number of nitrogens with two attached hydrogens (primary N) is 1. The van der Waals surface area contributed by atoms with Gasteiger partial charge in [0.15, 0.2) is 5.78 Å². The summed E-state index contributed by atoms with van der Waals surface area (Å²) in [6, 6.07) is 6.46. The van der Waals surface area contributed by atoms with Gasteiger partial charge in [0.25, 0.3) is 0 Å². The minimum atomic E-state index is 0.235. The number of Topliss-reactive ketones (excluding diaryl/α,β-unsaturated/α-hetero) is 1. The number of rotatable bonds is 3. The molecule has 2 aliphatic rings. The number of fused-ring (bicyclic) bond motifs is 1. The molecule has 1 aliphatic heterocycles. The summed E-state index contributed by atoms with van der Waals surface area (Å²) in [6.45, 7) is 2.33. The second-order valence-electron chi connectivity index (χ2n) is 5.54. The van der Waals surface area contributed by atoms with E-state index in [1.54, 1.807) is 0 Å². The quantitative estimate of drug-likeness (QED) is 0.817. The molecule has 3 heteroatoms. The molecule has 1 aliphatic carbocycles. The van der Waals surface area contributed by atoms with Crippen molar-refractivity contribution in [3.8, 4) is 0 Å². The summed E-state index contributed by atoms with van der Waals surface area (Å²) < 4.78 is 0. The highest BCUT2D eigenvalue weighted by Crippen LogP contribution is 2.23. The number of nitrogens with zero attached hydrogens (tertiary/aromatic N) is 1. The van der Waals surface area contributed by atoms with Crippen molar-refractivity contribution in [2.45, 2.75) is 31.7 Å². The van der Waals surface area contributed by atoms with Crippen LogP contribution in [-0.4, -0.2) is 36.4 Å². The molecule has 1 fully saturated rings.